The summed E-state index contributed by atoms with van der Waals surface area (Å²) >= 11 is 0. The predicted octanol–water partition coefficient (Wildman–Crippen LogP) is 4.00. The number of amides is 1. The minimum absolute atomic E-state index is 0.0883. The van der Waals surface area contributed by atoms with Gasteiger partial charge in [-0.15, -0.1) is 0 Å². The SMILES string of the molecule is Cc1c(C#N)c(NC(=O)CN(C)Cc2ccccc2N2CCOCC2)n(C2CCCC2)c1C. The summed E-state index contributed by atoms with van der Waals surface area (Å²) in [5, 5.41) is 12.9. The molecule has 0 radical (unpaired) electrons. The van der Waals surface area contributed by atoms with Gasteiger partial charge in [-0.05, 0) is 50.9 Å². The molecule has 0 atom stereocenters. The summed E-state index contributed by atoms with van der Waals surface area (Å²) in [5.41, 5.74) is 5.05. The molecule has 4 rings (SSSR count). The molecule has 1 aliphatic carbocycles. The number of likely N-dealkylation sites (N-methyl/N-ethyl adjacent to an activating group) is 1. The molecule has 1 aromatic heterocycles. The van der Waals surface area contributed by atoms with E-state index in [4.69, 9.17) is 4.74 Å². The summed E-state index contributed by atoms with van der Waals surface area (Å²) in [5.74, 6) is 0.584. The highest BCUT2D eigenvalue weighted by Crippen LogP contribution is 2.37. The second-order valence-electron chi connectivity index (χ2n) is 9.30. The van der Waals surface area contributed by atoms with Crippen LogP contribution in [0.15, 0.2) is 24.3 Å². The Balaban J connectivity index is 1.46. The lowest BCUT2D eigenvalue weighted by atomic mass is 10.1. The minimum atomic E-state index is -0.0883. The lowest BCUT2D eigenvalue weighted by Gasteiger charge is -2.31. The second-order valence-corrected chi connectivity index (χ2v) is 9.30. The van der Waals surface area contributed by atoms with Crippen LogP contribution in [-0.2, 0) is 16.1 Å². The zero-order valence-corrected chi connectivity index (χ0v) is 20.1. The average Bonchev–Trinajstić information content (AvgIpc) is 3.41. The number of rotatable bonds is 7. The Morgan fingerprint density at radius 2 is 1.91 bits per heavy atom. The summed E-state index contributed by atoms with van der Waals surface area (Å²) in [6.07, 6.45) is 4.59. The van der Waals surface area contributed by atoms with Crippen LogP contribution >= 0.6 is 0 Å². The minimum Gasteiger partial charge on any atom is -0.378 e. The molecule has 2 fully saturated rings. The number of benzene rings is 1. The molecular formula is C26H35N5O2. The molecule has 33 heavy (non-hydrogen) atoms. The maximum absolute atomic E-state index is 13.1. The molecule has 2 heterocycles. The van der Waals surface area contributed by atoms with Crippen molar-refractivity contribution in [3.63, 3.8) is 0 Å². The van der Waals surface area contributed by atoms with Gasteiger partial charge in [0, 0.05) is 37.1 Å². The molecular weight excluding hydrogens is 414 g/mol. The van der Waals surface area contributed by atoms with Crippen molar-refractivity contribution in [2.45, 2.75) is 52.1 Å². The highest BCUT2D eigenvalue weighted by atomic mass is 16.5. The van der Waals surface area contributed by atoms with E-state index < -0.39 is 0 Å². The van der Waals surface area contributed by atoms with Crippen LogP contribution in [0.2, 0.25) is 0 Å². The van der Waals surface area contributed by atoms with E-state index in [9.17, 15) is 10.1 Å². The molecule has 2 aromatic rings. The van der Waals surface area contributed by atoms with Gasteiger partial charge in [0.25, 0.3) is 0 Å². The van der Waals surface area contributed by atoms with Gasteiger partial charge in [-0.25, -0.2) is 0 Å². The first-order valence-corrected chi connectivity index (χ1v) is 12.0. The van der Waals surface area contributed by atoms with Gasteiger partial charge in [-0.3, -0.25) is 9.69 Å². The first kappa shape index (κ1) is 23.3. The summed E-state index contributed by atoms with van der Waals surface area (Å²) in [6.45, 7) is 8.22. The van der Waals surface area contributed by atoms with E-state index in [0.29, 0.717) is 24.0 Å². The van der Waals surface area contributed by atoms with Crippen LogP contribution < -0.4 is 10.2 Å². The molecule has 1 amide bonds. The Morgan fingerprint density at radius 1 is 1.21 bits per heavy atom. The van der Waals surface area contributed by atoms with Gasteiger partial charge in [0.1, 0.15) is 11.9 Å². The lowest BCUT2D eigenvalue weighted by Crippen LogP contribution is -2.37. The number of ether oxygens (including phenoxy) is 1. The topological polar surface area (TPSA) is 73.5 Å². The number of para-hydroxylation sites is 1. The van der Waals surface area contributed by atoms with Gasteiger partial charge in [0.15, 0.2) is 0 Å². The van der Waals surface area contributed by atoms with Crippen molar-refractivity contribution in [1.82, 2.24) is 9.47 Å². The third-order valence-corrected chi connectivity index (χ3v) is 7.01. The second kappa shape index (κ2) is 10.4. The quantitative estimate of drug-likeness (QED) is 0.692. The number of anilines is 2. The maximum atomic E-state index is 13.1. The van der Waals surface area contributed by atoms with Crippen LogP contribution in [-0.4, -0.2) is 55.3 Å². The Labute approximate surface area is 196 Å². The highest BCUT2D eigenvalue weighted by Gasteiger charge is 2.27. The number of nitrogens with one attached hydrogen (secondary N) is 1. The summed E-state index contributed by atoms with van der Waals surface area (Å²) in [7, 11) is 1.97. The number of carbonyl (C=O) groups is 1. The van der Waals surface area contributed by atoms with Gasteiger partial charge in [0.05, 0.1) is 25.3 Å². The number of nitrogens with zero attached hydrogens (tertiary/aromatic N) is 4. The third kappa shape index (κ3) is 5.07. The number of hydrogen-bond acceptors (Lipinski definition) is 5. The van der Waals surface area contributed by atoms with E-state index in [1.54, 1.807) is 0 Å². The number of morpholine rings is 1. The van der Waals surface area contributed by atoms with Crippen molar-refractivity contribution in [1.29, 1.82) is 5.26 Å². The van der Waals surface area contributed by atoms with Crippen molar-refractivity contribution in [2.75, 3.05) is 50.1 Å². The fraction of sp³-hybridized carbons (Fsp3) is 0.538. The van der Waals surface area contributed by atoms with Crippen LogP contribution in [0.3, 0.4) is 0 Å². The Bertz CT molecular complexity index is 1030. The van der Waals surface area contributed by atoms with E-state index in [2.05, 4.69) is 46.0 Å². The molecule has 7 heteroatoms. The molecule has 0 bridgehead atoms. The molecule has 1 saturated carbocycles. The molecule has 0 unspecified atom stereocenters. The first-order valence-electron chi connectivity index (χ1n) is 12.0. The fourth-order valence-electron chi connectivity index (χ4n) is 5.23. The van der Waals surface area contributed by atoms with Gasteiger partial charge in [-0.2, -0.15) is 5.26 Å². The largest absolute Gasteiger partial charge is 0.378 e. The van der Waals surface area contributed by atoms with Gasteiger partial charge >= 0.3 is 0 Å². The van der Waals surface area contributed by atoms with Crippen LogP contribution in [0, 0.1) is 25.2 Å². The van der Waals surface area contributed by atoms with E-state index in [0.717, 1.165) is 50.4 Å². The predicted molar refractivity (Wildman–Crippen MR) is 131 cm³/mol. The van der Waals surface area contributed by atoms with Crippen molar-refractivity contribution in [3.8, 4) is 6.07 Å². The van der Waals surface area contributed by atoms with Crippen molar-refractivity contribution in [3.05, 3.63) is 46.6 Å². The molecule has 1 aliphatic heterocycles. The average molecular weight is 450 g/mol. The van der Waals surface area contributed by atoms with Gasteiger partial charge < -0.3 is 19.5 Å². The number of hydrogen-bond donors (Lipinski definition) is 1. The smallest absolute Gasteiger partial charge is 0.239 e. The van der Waals surface area contributed by atoms with E-state index in [-0.39, 0.29) is 12.5 Å². The van der Waals surface area contributed by atoms with E-state index in [1.807, 2.05) is 24.9 Å². The zero-order chi connectivity index (χ0) is 23.4. The number of aromatic nitrogens is 1. The summed E-state index contributed by atoms with van der Waals surface area (Å²) < 4.78 is 7.70. The lowest BCUT2D eigenvalue weighted by molar-refractivity contribution is -0.117. The summed E-state index contributed by atoms with van der Waals surface area (Å²) in [4.78, 5) is 17.4. The van der Waals surface area contributed by atoms with Crippen molar-refractivity contribution in [2.24, 2.45) is 0 Å². The normalized spacial score (nSPS) is 16.9. The maximum Gasteiger partial charge on any atom is 0.239 e. The van der Waals surface area contributed by atoms with Crippen LogP contribution in [0.4, 0.5) is 11.5 Å². The standard InChI is InChI=1S/C26H35N5O2/c1-19-20(2)31(22-9-5-6-10-22)26(23(19)16-27)28-25(32)18-29(3)17-21-8-4-7-11-24(21)30-12-14-33-15-13-30/h4,7-8,11,22H,5-6,9-10,12-15,17-18H2,1-3H3,(H,28,32). The third-order valence-electron chi connectivity index (χ3n) is 7.01. The molecule has 1 aromatic carbocycles. The Hall–Kier alpha value is -2.82. The van der Waals surface area contributed by atoms with E-state index in [1.165, 1.54) is 24.1 Å². The first-order chi connectivity index (χ1) is 16.0. The number of nitriles is 1. The molecule has 1 N–H and O–H groups in total. The monoisotopic (exact) mass is 449 g/mol. The van der Waals surface area contributed by atoms with Crippen LogP contribution in [0.5, 0.6) is 0 Å². The van der Waals surface area contributed by atoms with Crippen LogP contribution in [0.25, 0.3) is 0 Å². The summed E-state index contributed by atoms with van der Waals surface area (Å²) in [6, 6.07) is 11.1. The highest BCUT2D eigenvalue weighted by molar-refractivity contribution is 5.93. The Morgan fingerprint density at radius 3 is 2.61 bits per heavy atom. The van der Waals surface area contributed by atoms with Crippen molar-refractivity contribution >= 4 is 17.4 Å². The fourth-order valence-corrected chi connectivity index (χ4v) is 5.23. The Kier molecular flexibility index (Phi) is 7.36. The van der Waals surface area contributed by atoms with E-state index >= 15 is 0 Å². The molecule has 176 valence electrons. The van der Waals surface area contributed by atoms with Crippen molar-refractivity contribution < 1.29 is 9.53 Å². The molecule has 7 nitrogen and oxygen atoms in total. The molecule has 0 spiro atoms. The zero-order valence-electron chi connectivity index (χ0n) is 20.1. The number of carbonyl (C=O) groups excluding carboxylic acids is 1. The van der Waals surface area contributed by atoms with Gasteiger partial charge in [0.2, 0.25) is 5.91 Å². The van der Waals surface area contributed by atoms with Crippen LogP contribution in [0.1, 0.15) is 54.1 Å². The molecule has 2 aliphatic rings. The molecule has 1 saturated heterocycles. The van der Waals surface area contributed by atoms with Gasteiger partial charge in [-0.1, -0.05) is 31.0 Å².